The van der Waals surface area contributed by atoms with Gasteiger partial charge in [-0.15, -0.1) is 28.2 Å². The van der Waals surface area contributed by atoms with Gasteiger partial charge in [-0.2, -0.15) is 26.3 Å². The van der Waals surface area contributed by atoms with Crippen molar-refractivity contribution in [3.8, 4) is 0 Å². The van der Waals surface area contributed by atoms with Crippen LogP contribution >= 0.6 is 0 Å². The summed E-state index contributed by atoms with van der Waals surface area (Å²) in [6, 6.07) is 5.83. The van der Waals surface area contributed by atoms with E-state index in [2.05, 4.69) is 29.4 Å². The minimum absolute atomic E-state index is 0. The van der Waals surface area contributed by atoms with Crippen molar-refractivity contribution in [3.05, 3.63) is 82.0 Å². The molecule has 0 bridgehead atoms. The molecule has 1 radical (unpaired) electrons. The fourth-order valence-corrected chi connectivity index (χ4v) is 3.59. The van der Waals surface area contributed by atoms with E-state index in [-0.39, 0.29) is 62.1 Å². The number of esters is 2. The van der Waals surface area contributed by atoms with Crippen molar-refractivity contribution >= 4 is 47.2 Å². The van der Waals surface area contributed by atoms with Gasteiger partial charge in [-0.1, -0.05) is 30.3 Å². The van der Waals surface area contributed by atoms with E-state index >= 15 is 0 Å². The molecule has 4 heterocycles. The average Bonchev–Trinajstić information content (AvgIpc) is 3.70. The Bertz CT molecular complexity index is 1660. The van der Waals surface area contributed by atoms with E-state index in [9.17, 15) is 35.9 Å². The van der Waals surface area contributed by atoms with E-state index in [0.29, 0.717) is 5.35 Å². The molecule has 0 atom stereocenters. The van der Waals surface area contributed by atoms with Gasteiger partial charge >= 0.3 is 41.4 Å². The first-order chi connectivity index (χ1) is 19.3. The van der Waals surface area contributed by atoms with Gasteiger partial charge in [-0.3, -0.25) is 4.99 Å². The van der Waals surface area contributed by atoms with Gasteiger partial charge in [0.05, 0.1) is 28.3 Å². The summed E-state index contributed by atoms with van der Waals surface area (Å²) in [5.74, 6) is -2.55. The molecule has 4 rings (SSSR count). The molecule has 42 heavy (non-hydrogen) atoms. The summed E-state index contributed by atoms with van der Waals surface area (Å²) in [5, 5.41) is 0.538. The largest absolute Gasteiger partial charge is 2.00 e. The number of carbonyl (C=O) groups excluding carboxylic acids is 2. The molecule has 8 nitrogen and oxygen atoms in total. The molecule has 2 aromatic heterocycles. The Morgan fingerprint density at radius 3 is 2.12 bits per heavy atom. The van der Waals surface area contributed by atoms with Crippen LogP contribution in [0.2, 0.25) is 0 Å². The molecule has 0 saturated carbocycles. The summed E-state index contributed by atoms with van der Waals surface area (Å²) in [6.07, 6.45) is 0.643. The van der Waals surface area contributed by atoms with Crippen LogP contribution in [0.4, 0.5) is 26.3 Å². The Labute approximate surface area is 244 Å². The number of halogens is 6. The van der Waals surface area contributed by atoms with E-state index in [0.717, 1.165) is 0 Å². The molecule has 0 amide bonds. The number of aromatic nitrogens is 2. The first-order valence-electron chi connectivity index (χ1n) is 11.7. The molecule has 2 aliphatic rings. The van der Waals surface area contributed by atoms with E-state index < -0.39 is 37.5 Å². The maximum absolute atomic E-state index is 12.7. The monoisotopic (exact) mass is 631 g/mol. The van der Waals surface area contributed by atoms with Gasteiger partial charge in [0, 0.05) is 6.21 Å². The molecule has 2 aliphatic heterocycles. The number of allylic oxidation sites excluding steroid dienone is 4. The van der Waals surface area contributed by atoms with Gasteiger partial charge in [0.15, 0.2) is 13.2 Å². The fraction of sp³-hybridized carbons (Fsp3) is 0.185. The number of hydrogen-bond acceptors (Lipinski definition) is 6. The second-order valence-electron chi connectivity index (χ2n) is 8.35. The standard InChI is InChI=1S/C27H19F6N4O4.Mn/c1-2-15-5-8-20(35-15)23(25(39)41-14-27(31,32)33)21-10-7-17(37-21)12-16-6-9-19(36-16)22(18-4-3-11-34-18)24(38)40-13-26(28,29)30;/h2-12H,13-14H2,1H3,(H-,34,35,36,37,38,39);/q-1;+2/p-1/b15-2-;. The normalized spacial score (nSPS) is 17.8. The molecular formula is C27H18F6MnN4O4. The van der Waals surface area contributed by atoms with Crippen LogP contribution in [-0.4, -0.2) is 49.4 Å². The summed E-state index contributed by atoms with van der Waals surface area (Å²) in [6.45, 7) is -1.91. The topological polar surface area (TPSA) is 106 Å². The van der Waals surface area contributed by atoms with Crippen LogP contribution in [0.3, 0.4) is 0 Å². The van der Waals surface area contributed by atoms with Crippen molar-refractivity contribution in [2.75, 3.05) is 13.2 Å². The smallest absolute Gasteiger partial charge is 0.657 e. The molecule has 0 aromatic carbocycles. The van der Waals surface area contributed by atoms with E-state index in [1.165, 1.54) is 54.8 Å². The van der Waals surface area contributed by atoms with Crippen LogP contribution in [0, 0.1) is 0 Å². The Hall–Kier alpha value is -4.36. The maximum atomic E-state index is 12.7. The second kappa shape index (κ2) is 13.1. The molecule has 0 unspecified atom stereocenters. The number of hydrogen-bond donors (Lipinski definition) is 0. The Balaban J connectivity index is 0.00000484. The number of rotatable bonds is 7. The molecule has 219 valence electrons. The summed E-state index contributed by atoms with van der Waals surface area (Å²) in [7, 11) is 0. The van der Waals surface area contributed by atoms with Gasteiger partial charge in [0.2, 0.25) is 0 Å². The van der Waals surface area contributed by atoms with Crippen LogP contribution in [0.1, 0.15) is 18.3 Å². The van der Waals surface area contributed by atoms with Crippen molar-refractivity contribution in [1.29, 1.82) is 0 Å². The first-order valence-corrected chi connectivity index (χ1v) is 11.7. The summed E-state index contributed by atoms with van der Waals surface area (Å²) in [4.78, 5) is 41.8. The molecule has 0 saturated heterocycles. The van der Waals surface area contributed by atoms with Crippen LogP contribution in [0.5, 0.6) is 0 Å². The van der Waals surface area contributed by atoms with E-state index in [1.54, 1.807) is 19.1 Å². The molecule has 0 N–H and O–H groups in total. The quantitative estimate of drug-likeness (QED) is 0.201. The molecule has 0 fully saturated rings. The van der Waals surface area contributed by atoms with Crippen molar-refractivity contribution < 1.29 is 62.5 Å². The third kappa shape index (κ3) is 8.33. The summed E-state index contributed by atoms with van der Waals surface area (Å²) >= 11 is 0. The molecule has 0 spiro atoms. The summed E-state index contributed by atoms with van der Waals surface area (Å²) < 4.78 is 84.6. The summed E-state index contributed by atoms with van der Waals surface area (Å²) in [5.41, 5.74) is -0.0911. The third-order valence-corrected chi connectivity index (χ3v) is 5.30. The fourth-order valence-electron chi connectivity index (χ4n) is 3.59. The van der Waals surface area contributed by atoms with Crippen LogP contribution in [0.15, 0.2) is 69.9 Å². The van der Waals surface area contributed by atoms with Gasteiger partial charge in [0.25, 0.3) is 0 Å². The minimum Gasteiger partial charge on any atom is -0.657 e. The minimum atomic E-state index is -4.74. The molecule has 2 aromatic rings. The van der Waals surface area contributed by atoms with E-state index in [1.807, 2.05) is 0 Å². The van der Waals surface area contributed by atoms with Gasteiger partial charge in [0.1, 0.15) is 0 Å². The first kappa shape index (κ1) is 32.2. The van der Waals surface area contributed by atoms with E-state index in [4.69, 9.17) is 0 Å². The zero-order chi connectivity index (χ0) is 29.8. The van der Waals surface area contributed by atoms with Crippen LogP contribution < -0.4 is 20.7 Å². The molecule has 15 heteroatoms. The SMILES string of the molecule is C/C=c1/cc/c(=C(\C(=O)OCC(F)(F)F)C2=N/C(=C\c3ccc(/C(C(=O)OCC(F)(F)F)=C4/C=CC=N4)[n-]3)C=C2)[n-]1.[Mn+2]. The van der Waals surface area contributed by atoms with Gasteiger partial charge in [-0.25, -0.2) is 14.6 Å². The van der Waals surface area contributed by atoms with Crippen molar-refractivity contribution in [2.24, 2.45) is 9.98 Å². The molecular weight excluding hydrogens is 613 g/mol. The average molecular weight is 631 g/mol. The van der Waals surface area contributed by atoms with Crippen molar-refractivity contribution in [3.63, 3.8) is 0 Å². The number of alkyl halides is 6. The third-order valence-electron chi connectivity index (χ3n) is 5.30. The van der Waals surface area contributed by atoms with Crippen molar-refractivity contribution in [1.82, 2.24) is 9.97 Å². The Morgan fingerprint density at radius 1 is 0.881 bits per heavy atom. The second-order valence-corrected chi connectivity index (χ2v) is 8.35. The number of nitrogens with zero attached hydrogens (tertiary/aromatic N) is 4. The zero-order valence-electron chi connectivity index (χ0n) is 21.3. The van der Waals surface area contributed by atoms with Crippen molar-refractivity contribution in [2.45, 2.75) is 19.3 Å². The van der Waals surface area contributed by atoms with Crippen LogP contribution in [-0.2, 0) is 36.1 Å². The maximum Gasteiger partial charge on any atom is 2.00 e. The van der Waals surface area contributed by atoms with Gasteiger partial charge < -0.3 is 19.4 Å². The zero-order valence-corrected chi connectivity index (χ0v) is 22.5. The number of aliphatic imine (C=N–C) groups is 2. The van der Waals surface area contributed by atoms with Gasteiger partial charge in [-0.05, 0) is 31.2 Å². The van der Waals surface area contributed by atoms with Crippen LogP contribution in [0.25, 0.3) is 23.3 Å². The molecule has 0 aliphatic carbocycles. The predicted octanol–water partition coefficient (Wildman–Crippen LogP) is 3.16. The predicted molar refractivity (Wildman–Crippen MR) is 135 cm³/mol. The number of carbonyl (C=O) groups is 2. The Morgan fingerprint density at radius 2 is 1.55 bits per heavy atom. The number of ether oxygens (including phenoxy) is 2. The Kier molecular flexibility index (Phi) is 10.0.